The summed E-state index contributed by atoms with van der Waals surface area (Å²) < 4.78 is 0. The van der Waals surface area contributed by atoms with Crippen molar-refractivity contribution in [3.05, 3.63) is 22.8 Å². The van der Waals surface area contributed by atoms with E-state index in [2.05, 4.69) is 15.6 Å². The molecule has 1 aliphatic rings. The summed E-state index contributed by atoms with van der Waals surface area (Å²) in [5.41, 5.74) is 0.498. The van der Waals surface area contributed by atoms with Crippen LogP contribution in [0, 0.1) is 0 Å². The molecule has 1 unspecified atom stereocenters. The molecular weight excluding hydrogens is 302 g/mol. The fraction of sp³-hybridized carbons (Fsp3) is 0.500. The third-order valence-corrected chi connectivity index (χ3v) is 5.85. The van der Waals surface area contributed by atoms with Crippen molar-refractivity contribution in [2.75, 3.05) is 36.2 Å². The Morgan fingerprint density at radius 1 is 1.58 bits per heavy atom. The maximum Gasteiger partial charge on any atom is 0.252 e. The Kier molecular flexibility index (Phi) is 5.66. The van der Waals surface area contributed by atoms with Gasteiger partial charge in [-0.25, -0.2) is 4.98 Å². The molecular formula is C12H16ClN3OS2. The molecule has 1 amide bonds. The number of carbonyl (C=O) groups excluding carboxylic acids is 1. The summed E-state index contributed by atoms with van der Waals surface area (Å²) in [4.78, 5) is 16.1. The van der Waals surface area contributed by atoms with Crippen LogP contribution in [0.3, 0.4) is 0 Å². The number of aromatic nitrogens is 1. The van der Waals surface area contributed by atoms with Crippen LogP contribution in [-0.2, 0) is 0 Å². The third-order valence-electron chi connectivity index (χ3n) is 2.72. The number of hydrogen-bond acceptors (Lipinski definition) is 5. The Hall–Kier alpha value is -0.590. The standard InChI is InChI=1S/C12H16ClN3OS2/c1-14-11-10(13)4-8(5-15-11)12(17)16-6-9-7-18-2-3-19-9/h4-5,9H,2-3,6-7H2,1H3,(H,14,15)(H,16,17). The van der Waals surface area contributed by atoms with Gasteiger partial charge in [-0.2, -0.15) is 23.5 Å². The summed E-state index contributed by atoms with van der Waals surface area (Å²) in [5, 5.41) is 6.76. The molecule has 4 nitrogen and oxygen atoms in total. The molecule has 0 radical (unpaired) electrons. The first-order valence-electron chi connectivity index (χ1n) is 6.01. The van der Waals surface area contributed by atoms with E-state index in [9.17, 15) is 4.79 Å². The predicted octanol–water partition coefficient (Wildman–Crippen LogP) is 2.36. The third kappa shape index (κ3) is 4.19. The van der Waals surface area contributed by atoms with E-state index in [0.29, 0.717) is 28.2 Å². The molecule has 0 spiro atoms. The number of nitrogens with one attached hydrogen (secondary N) is 2. The fourth-order valence-electron chi connectivity index (χ4n) is 1.71. The zero-order valence-electron chi connectivity index (χ0n) is 10.6. The van der Waals surface area contributed by atoms with Crippen LogP contribution in [0.2, 0.25) is 5.02 Å². The molecule has 0 aromatic carbocycles. The van der Waals surface area contributed by atoms with Crippen LogP contribution in [0.4, 0.5) is 5.82 Å². The van der Waals surface area contributed by atoms with E-state index in [1.54, 1.807) is 13.1 Å². The van der Waals surface area contributed by atoms with Crippen molar-refractivity contribution in [3.63, 3.8) is 0 Å². The summed E-state index contributed by atoms with van der Waals surface area (Å²) >= 11 is 9.88. The lowest BCUT2D eigenvalue weighted by atomic mass is 10.2. The zero-order valence-corrected chi connectivity index (χ0v) is 13.0. The van der Waals surface area contributed by atoms with Gasteiger partial charge in [-0.15, -0.1) is 0 Å². The highest BCUT2D eigenvalue weighted by atomic mass is 35.5. The molecule has 2 rings (SSSR count). The highest BCUT2D eigenvalue weighted by Crippen LogP contribution is 2.23. The molecule has 19 heavy (non-hydrogen) atoms. The van der Waals surface area contributed by atoms with Gasteiger partial charge < -0.3 is 10.6 Å². The number of carbonyl (C=O) groups is 1. The van der Waals surface area contributed by atoms with Gasteiger partial charge in [0.25, 0.3) is 5.91 Å². The Morgan fingerprint density at radius 2 is 2.42 bits per heavy atom. The van der Waals surface area contributed by atoms with Gasteiger partial charge in [-0.3, -0.25) is 4.79 Å². The summed E-state index contributed by atoms with van der Waals surface area (Å²) in [6.45, 7) is 0.696. The van der Waals surface area contributed by atoms with Crippen LogP contribution in [-0.4, -0.2) is 47.0 Å². The van der Waals surface area contributed by atoms with Gasteiger partial charge in [-0.1, -0.05) is 11.6 Å². The number of amides is 1. The minimum absolute atomic E-state index is 0.117. The lowest BCUT2D eigenvalue weighted by molar-refractivity contribution is 0.0954. The molecule has 0 bridgehead atoms. The van der Waals surface area contributed by atoms with E-state index in [4.69, 9.17) is 11.6 Å². The number of pyridine rings is 1. The van der Waals surface area contributed by atoms with Crippen LogP contribution < -0.4 is 10.6 Å². The first kappa shape index (κ1) is 14.8. The SMILES string of the molecule is CNc1ncc(C(=O)NCC2CSCCS2)cc1Cl. The maximum atomic E-state index is 12.0. The van der Waals surface area contributed by atoms with Crippen LogP contribution in [0.15, 0.2) is 12.3 Å². The van der Waals surface area contributed by atoms with Gasteiger partial charge >= 0.3 is 0 Å². The number of halogens is 1. The van der Waals surface area contributed by atoms with Crippen molar-refractivity contribution in [2.24, 2.45) is 0 Å². The Labute approximate surface area is 126 Å². The molecule has 1 aromatic heterocycles. The minimum atomic E-state index is -0.117. The lowest BCUT2D eigenvalue weighted by Crippen LogP contribution is -2.33. The molecule has 104 valence electrons. The molecule has 1 saturated heterocycles. The van der Waals surface area contributed by atoms with Crippen molar-refractivity contribution >= 4 is 46.8 Å². The molecule has 1 atom stereocenters. The summed E-state index contributed by atoms with van der Waals surface area (Å²) in [5.74, 6) is 3.93. The Balaban J connectivity index is 1.90. The van der Waals surface area contributed by atoms with Crippen molar-refractivity contribution in [1.82, 2.24) is 10.3 Å². The van der Waals surface area contributed by atoms with Crippen molar-refractivity contribution in [2.45, 2.75) is 5.25 Å². The van der Waals surface area contributed by atoms with E-state index >= 15 is 0 Å². The largest absolute Gasteiger partial charge is 0.372 e. The second-order valence-corrected chi connectivity index (χ2v) is 7.05. The number of thioether (sulfide) groups is 2. The van der Waals surface area contributed by atoms with Crippen LogP contribution in [0.25, 0.3) is 0 Å². The monoisotopic (exact) mass is 317 g/mol. The van der Waals surface area contributed by atoms with Crippen molar-refractivity contribution < 1.29 is 4.79 Å². The fourth-order valence-corrected chi connectivity index (χ4v) is 4.58. The van der Waals surface area contributed by atoms with Gasteiger partial charge in [0.15, 0.2) is 0 Å². The normalized spacial score (nSPS) is 18.9. The van der Waals surface area contributed by atoms with E-state index in [1.165, 1.54) is 11.9 Å². The second-order valence-electron chi connectivity index (χ2n) is 4.08. The molecule has 1 aromatic rings. The van der Waals surface area contributed by atoms with E-state index in [1.807, 2.05) is 23.5 Å². The topological polar surface area (TPSA) is 54.0 Å². The van der Waals surface area contributed by atoms with Gasteiger partial charge in [0.05, 0.1) is 10.6 Å². The van der Waals surface area contributed by atoms with Crippen molar-refractivity contribution in [3.8, 4) is 0 Å². The number of nitrogens with zero attached hydrogens (tertiary/aromatic N) is 1. The molecule has 1 fully saturated rings. The molecule has 2 heterocycles. The molecule has 0 aliphatic carbocycles. The van der Waals surface area contributed by atoms with Gasteiger partial charge in [0.1, 0.15) is 5.82 Å². The van der Waals surface area contributed by atoms with Crippen molar-refractivity contribution in [1.29, 1.82) is 0 Å². The van der Waals surface area contributed by atoms with E-state index in [0.717, 1.165) is 11.5 Å². The summed E-state index contributed by atoms with van der Waals surface area (Å²) in [6.07, 6.45) is 1.54. The highest BCUT2D eigenvalue weighted by molar-refractivity contribution is 8.06. The molecule has 0 saturated carbocycles. The Morgan fingerprint density at radius 3 is 3.05 bits per heavy atom. The average Bonchev–Trinajstić information content (AvgIpc) is 2.45. The first-order valence-corrected chi connectivity index (χ1v) is 8.59. The molecule has 2 N–H and O–H groups in total. The summed E-state index contributed by atoms with van der Waals surface area (Å²) in [7, 11) is 1.74. The minimum Gasteiger partial charge on any atom is -0.372 e. The van der Waals surface area contributed by atoms with E-state index < -0.39 is 0 Å². The highest BCUT2D eigenvalue weighted by Gasteiger charge is 2.16. The second kappa shape index (κ2) is 7.26. The van der Waals surface area contributed by atoms with E-state index in [-0.39, 0.29) is 5.91 Å². The number of anilines is 1. The first-order chi connectivity index (χ1) is 9.20. The van der Waals surface area contributed by atoms with Crippen LogP contribution in [0.1, 0.15) is 10.4 Å². The van der Waals surface area contributed by atoms with Gasteiger partial charge in [0, 0.05) is 42.3 Å². The average molecular weight is 318 g/mol. The van der Waals surface area contributed by atoms with Crippen LogP contribution >= 0.6 is 35.1 Å². The smallest absolute Gasteiger partial charge is 0.252 e. The maximum absolute atomic E-state index is 12.0. The quantitative estimate of drug-likeness (QED) is 0.893. The van der Waals surface area contributed by atoms with Gasteiger partial charge in [-0.05, 0) is 6.07 Å². The molecule has 7 heteroatoms. The molecule has 1 aliphatic heterocycles. The number of hydrogen-bond donors (Lipinski definition) is 2. The van der Waals surface area contributed by atoms with Crippen LogP contribution in [0.5, 0.6) is 0 Å². The zero-order chi connectivity index (χ0) is 13.7. The van der Waals surface area contributed by atoms with Gasteiger partial charge in [0.2, 0.25) is 0 Å². The number of rotatable bonds is 4. The Bertz CT molecular complexity index is 453. The predicted molar refractivity (Wildman–Crippen MR) is 84.7 cm³/mol. The lowest BCUT2D eigenvalue weighted by Gasteiger charge is -2.21. The summed E-state index contributed by atoms with van der Waals surface area (Å²) in [6, 6.07) is 1.64.